The second kappa shape index (κ2) is 4.89. The molecular formula is C11H20O3. The van der Waals surface area contributed by atoms with E-state index in [1.807, 2.05) is 6.92 Å². The molecule has 1 aliphatic rings. The second-order valence-corrected chi connectivity index (χ2v) is 4.10. The molecule has 0 amide bonds. The molecule has 0 aliphatic heterocycles. The first-order chi connectivity index (χ1) is 6.68. The molecule has 0 unspecified atom stereocenters. The van der Waals surface area contributed by atoms with Gasteiger partial charge in [-0.3, -0.25) is 4.79 Å². The number of carbonyl (C=O) groups is 1. The number of Topliss-reactive ketones (excluding diaryl/α,β-unsaturated/α-hetero) is 1. The lowest BCUT2D eigenvalue weighted by molar-refractivity contribution is -0.146. The Kier molecular flexibility index (Phi) is 4.08. The number of aliphatic hydroxyl groups excluding tert-OH is 1. The van der Waals surface area contributed by atoms with Gasteiger partial charge in [0, 0.05) is 20.1 Å². The monoisotopic (exact) mass is 200 g/mol. The van der Waals surface area contributed by atoms with E-state index in [2.05, 4.69) is 0 Å². The van der Waals surface area contributed by atoms with Gasteiger partial charge in [0.05, 0.1) is 0 Å². The molecule has 0 spiro atoms. The zero-order valence-corrected chi connectivity index (χ0v) is 9.08. The number of ether oxygens (including phenoxy) is 1. The molecule has 3 nitrogen and oxygen atoms in total. The van der Waals surface area contributed by atoms with Crippen LogP contribution in [0.3, 0.4) is 0 Å². The van der Waals surface area contributed by atoms with Gasteiger partial charge in [-0.05, 0) is 31.6 Å². The summed E-state index contributed by atoms with van der Waals surface area (Å²) in [6, 6.07) is 0. The number of carbonyl (C=O) groups excluding carboxylic acids is 1. The normalized spacial score (nSPS) is 32.9. The highest BCUT2D eigenvalue weighted by molar-refractivity contribution is 5.87. The Balaban J connectivity index is 2.61. The third kappa shape index (κ3) is 2.15. The summed E-state index contributed by atoms with van der Waals surface area (Å²) in [7, 11) is 1.62. The van der Waals surface area contributed by atoms with Gasteiger partial charge in [-0.1, -0.05) is 6.92 Å². The molecule has 0 aromatic heterocycles. The van der Waals surface area contributed by atoms with Gasteiger partial charge in [0.25, 0.3) is 0 Å². The maximum atomic E-state index is 11.7. The van der Waals surface area contributed by atoms with E-state index in [9.17, 15) is 4.79 Å². The molecule has 1 rings (SSSR count). The van der Waals surface area contributed by atoms with Crippen molar-refractivity contribution in [2.75, 3.05) is 13.7 Å². The molecule has 1 aliphatic carbocycles. The van der Waals surface area contributed by atoms with E-state index in [4.69, 9.17) is 9.84 Å². The van der Waals surface area contributed by atoms with Gasteiger partial charge >= 0.3 is 0 Å². The largest absolute Gasteiger partial charge is 0.396 e. The highest BCUT2D eigenvalue weighted by atomic mass is 16.5. The number of aliphatic hydroxyl groups is 1. The molecule has 0 radical (unpaired) electrons. The van der Waals surface area contributed by atoms with Crippen LogP contribution in [0.15, 0.2) is 0 Å². The summed E-state index contributed by atoms with van der Waals surface area (Å²) in [6.07, 6.45) is 3.87. The lowest BCUT2D eigenvalue weighted by Gasteiger charge is -2.37. The predicted molar refractivity (Wildman–Crippen MR) is 54.1 cm³/mol. The molecule has 0 aromatic carbocycles. The topological polar surface area (TPSA) is 46.5 Å². The van der Waals surface area contributed by atoms with Crippen LogP contribution in [0.25, 0.3) is 0 Å². The van der Waals surface area contributed by atoms with Crippen molar-refractivity contribution < 1.29 is 14.6 Å². The van der Waals surface area contributed by atoms with Crippen molar-refractivity contribution in [2.24, 2.45) is 5.92 Å². The van der Waals surface area contributed by atoms with Crippen LogP contribution in [0.4, 0.5) is 0 Å². The SMILES string of the molecule is CCC(=O)C1(OC)CCC(CO)CC1. The molecule has 14 heavy (non-hydrogen) atoms. The maximum absolute atomic E-state index is 11.7. The van der Waals surface area contributed by atoms with Crippen LogP contribution < -0.4 is 0 Å². The van der Waals surface area contributed by atoms with Gasteiger partial charge in [0.15, 0.2) is 5.78 Å². The number of ketones is 1. The Morgan fingerprint density at radius 2 is 2.07 bits per heavy atom. The van der Waals surface area contributed by atoms with Crippen molar-refractivity contribution >= 4 is 5.78 Å². The Bertz CT molecular complexity index is 193. The minimum atomic E-state index is -0.541. The van der Waals surface area contributed by atoms with Crippen molar-refractivity contribution in [1.82, 2.24) is 0 Å². The van der Waals surface area contributed by atoms with Crippen LogP contribution in [-0.4, -0.2) is 30.2 Å². The van der Waals surface area contributed by atoms with Crippen molar-refractivity contribution in [3.05, 3.63) is 0 Å². The highest BCUT2D eigenvalue weighted by Crippen LogP contribution is 2.35. The quantitative estimate of drug-likeness (QED) is 0.748. The van der Waals surface area contributed by atoms with Crippen molar-refractivity contribution in [2.45, 2.75) is 44.6 Å². The van der Waals surface area contributed by atoms with E-state index in [0.29, 0.717) is 12.3 Å². The van der Waals surface area contributed by atoms with Crippen LogP contribution in [0, 0.1) is 5.92 Å². The molecular weight excluding hydrogens is 180 g/mol. The smallest absolute Gasteiger partial charge is 0.164 e. The fraction of sp³-hybridized carbons (Fsp3) is 0.909. The Morgan fingerprint density at radius 3 is 2.43 bits per heavy atom. The van der Waals surface area contributed by atoms with E-state index in [-0.39, 0.29) is 12.4 Å². The summed E-state index contributed by atoms with van der Waals surface area (Å²) in [5.74, 6) is 0.569. The molecule has 0 heterocycles. The van der Waals surface area contributed by atoms with Crippen LogP contribution >= 0.6 is 0 Å². The Labute approximate surface area is 85.5 Å². The highest BCUT2D eigenvalue weighted by Gasteiger charge is 2.40. The molecule has 1 N–H and O–H groups in total. The second-order valence-electron chi connectivity index (χ2n) is 4.10. The van der Waals surface area contributed by atoms with E-state index >= 15 is 0 Å². The van der Waals surface area contributed by atoms with Gasteiger partial charge < -0.3 is 9.84 Å². The van der Waals surface area contributed by atoms with Gasteiger partial charge in [-0.15, -0.1) is 0 Å². The van der Waals surface area contributed by atoms with Crippen LogP contribution in [0.1, 0.15) is 39.0 Å². The molecule has 1 fully saturated rings. The third-order valence-corrected chi connectivity index (χ3v) is 3.39. The summed E-state index contributed by atoms with van der Waals surface area (Å²) >= 11 is 0. The van der Waals surface area contributed by atoms with Crippen molar-refractivity contribution in [3.8, 4) is 0 Å². The first-order valence-corrected chi connectivity index (χ1v) is 5.38. The summed E-state index contributed by atoms with van der Waals surface area (Å²) in [6.45, 7) is 2.11. The minimum Gasteiger partial charge on any atom is -0.396 e. The van der Waals surface area contributed by atoms with Crippen LogP contribution in [0.5, 0.6) is 0 Å². The Hall–Kier alpha value is -0.410. The standard InChI is InChI=1S/C11H20O3/c1-3-10(13)11(14-2)6-4-9(8-12)5-7-11/h9,12H,3-8H2,1-2H3. The summed E-state index contributed by atoms with van der Waals surface area (Å²) in [5.41, 5.74) is -0.541. The van der Waals surface area contributed by atoms with Crippen LogP contribution in [-0.2, 0) is 9.53 Å². The fourth-order valence-corrected chi connectivity index (χ4v) is 2.25. The number of rotatable bonds is 4. The van der Waals surface area contributed by atoms with E-state index in [0.717, 1.165) is 25.7 Å². The summed E-state index contributed by atoms with van der Waals surface area (Å²) < 4.78 is 5.39. The van der Waals surface area contributed by atoms with E-state index in [1.165, 1.54) is 0 Å². The number of hydrogen-bond donors (Lipinski definition) is 1. The number of methoxy groups -OCH3 is 1. The Morgan fingerprint density at radius 1 is 1.50 bits per heavy atom. The first kappa shape index (κ1) is 11.7. The minimum absolute atomic E-state index is 0.205. The first-order valence-electron chi connectivity index (χ1n) is 5.38. The molecule has 0 atom stereocenters. The maximum Gasteiger partial charge on any atom is 0.164 e. The molecule has 0 bridgehead atoms. The molecule has 3 heteroatoms. The van der Waals surface area contributed by atoms with E-state index in [1.54, 1.807) is 7.11 Å². The van der Waals surface area contributed by atoms with Crippen LogP contribution in [0.2, 0.25) is 0 Å². The fourth-order valence-electron chi connectivity index (χ4n) is 2.25. The summed E-state index contributed by atoms with van der Waals surface area (Å²) in [4.78, 5) is 11.7. The van der Waals surface area contributed by atoms with E-state index < -0.39 is 5.60 Å². The molecule has 0 aromatic rings. The lowest BCUT2D eigenvalue weighted by Crippen LogP contribution is -2.44. The van der Waals surface area contributed by atoms with Crippen molar-refractivity contribution in [3.63, 3.8) is 0 Å². The lowest BCUT2D eigenvalue weighted by atomic mass is 9.76. The summed E-state index contributed by atoms with van der Waals surface area (Å²) in [5, 5.41) is 9.00. The molecule has 82 valence electrons. The van der Waals surface area contributed by atoms with Gasteiger partial charge in [0.1, 0.15) is 5.60 Å². The van der Waals surface area contributed by atoms with Crippen molar-refractivity contribution in [1.29, 1.82) is 0 Å². The van der Waals surface area contributed by atoms with Gasteiger partial charge in [-0.2, -0.15) is 0 Å². The zero-order chi connectivity index (χ0) is 10.6. The van der Waals surface area contributed by atoms with Gasteiger partial charge in [0.2, 0.25) is 0 Å². The number of hydrogen-bond acceptors (Lipinski definition) is 3. The average molecular weight is 200 g/mol. The molecule has 1 saturated carbocycles. The third-order valence-electron chi connectivity index (χ3n) is 3.39. The molecule has 0 saturated heterocycles. The average Bonchev–Trinajstić information content (AvgIpc) is 2.28. The van der Waals surface area contributed by atoms with Gasteiger partial charge in [-0.25, -0.2) is 0 Å². The predicted octanol–water partition coefficient (Wildman–Crippen LogP) is 1.53. The zero-order valence-electron chi connectivity index (χ0n) is 9.08.